The molecule has 0 unspecified atom stereocenters. The van der Waals surface area contributed by atoms with Crippen molar-refractivity contribution in [2.24, 2.45) is 0 Å². The number of carbonyl (C=O) groups is 1. The van der Waals surface area contributed by atoms with Crippen LogP contribution in [0.1, 0.15) is 35.1 Å². The van der Waals surface area contributed by atoms with Crippen molar-refractivity contribution in [3.05, 3.63) is 59.4 Å². The van der Waals surface area contributed by atoms with Crippen molar-refractivity contribution in [2.45, 2.75) is 20.3 Å². The van der Waals surface area contributed by atoms with Crippen molar-refractivity contribution < 1.29 is 9.53 Å². The lowest BCUT2D eigenvalue weighted by molar-refractivity contribution is 0.103. The molecule has 0 aliphatic heterocycles. The van der Waals surface area contributed by atoms with Crippen LogP contribution in [0.5, 0.6) is 5.75 Å². The minimum atomic E-state index is -0.0641. The Morgan fingerprint density at radius 1 is 1.16 bits per heavy atom. The van der Waals surface area contributed by atoms with Gasteiger partial charge in [-0.25, -0.2) is 4.98 Å². The van der Waals surface area contributed by atoms with Crippen LogP contribution in [0, 0.1) is 6.92 Å². The Labute approximate surface area is 113 Å². The Bertz CT molecular complexity index is 561. The number of aromatic nitrogens is 1. The largest absolute Gasteiger partial charge is 0.494 e. The molecular formula is C16H17NO2. The van der Waals surface area contributed by atoms with Gasteiger partial charge in [-0.15, -0.1) is 0 Å². The summed E-state index contributed by atoms with van der Waals surface area (Å²) >= 11 is 0. The lowest BCUT2D eigenvalue weighted by Gasteiger charge is -2.05. The van der Waals surface area contributed by atoms with E-state index in [1.165, 1.54) is 0 Å². The van der Waals surface area contributed by atoms with Crippen molar-refractivity contribution >= 4 is 5.78 Å². The fourth-order valence-corrected chi connectivity index (χ4v) is 1.74. The maximum absolute atomic E-state index is 12.2. The fraction of sp³-hybridized carbons (Fsp3) is 0.250. The minimum absolute atomic E-state index is 0.0641. The number of carbonyl (C=O) groups excluding carboxylic acids is 1. The van der Waals surface area contributed by atoms with Gasteiger partial charge in [-0.1, -0.05) is 13.0 Å². The molecule has 0 N–H and O–H groups in total. The average molecular weight is 255 g/mol. The zero-order chi connectivity index (χ0) is 13.7. The second kappa shape index (κ2) is 6.14. The summed E-state index contributed by atoms with van der Waals surface area (Å²) in [6.45, 7) is 4.62. The normalized spacial score (nSPS) is 10.2. The van der Waals surface area contributed by atoms with Gasteiger partial charge in [-0.05, 0) is 49.7 Å². The van der Waals surface area contributed by atoms with Crippen molar-refractivity contribution in [3.63, 3.8) is 0 Å². The summed E-state index contributed by atoms with van der Waals surface area (Å²) in [7, 11) is 0. The number of aryl methyl sites for hydroxylation is 1. The molecule has 2 rings (SSSR count). The Morgan fingerprint density at radius 2 is 1.89 bits per heavy atom. The highest BCUT2D eigenvalue weighted by Gasteiger charge is 2.10. The van der Waals surface area contributed by atoms with Crippen molar-refractivity contribution in [1.29, 1.82) is 0 Å². The van der Waals surface area contributed by atoms with Gasteiger partial charge in [0.05, 0.1) is 6.61 Å². The molecule has 0 radical (unpaired) electrons. The van der Waals surface area contributed by atoms with E-state index < -0.39 is 0 Å². The molecule has 0 bridgehead atoms. The molecule has 1 heterocycles. The van der Waals surface area contributed by atoms with Gasteiger partial charge in [0.1, 0.15) is 11.4 Å². The second-order valence-corrected chi connectivity index (χ2v) is 4.37. The van der Waals surface area contributed by atoms with Gasteiger partial charge in [0.25, 0.3) is 0 Å². The summed E-state index contributed by atoms with van der Waals surface area (Å²) in [5, 5.41) is 0. The Hall–Kier alpha value is -2.16. The summed E-state index contributed by atoms with van der Waals surface area (Å²) in [4.78, 5) is 16.5. The molecule has 0 saturated heterocycles. The molecular weight excluding hydrogens is 238 g/mol. The van der Waals surface area contributed by atoms with E-state index in [0.29, 0.717) is 17.9 Å². The molecule has 0 aliphatic carbocycles. The number of hydrogen-bond acceptors (Lipinski definition) is 3. The minimum Gasteiger partial charge on any atom is -0.494 e. The van der Waals surface area contributed by atoms with E-state index in [-0.39, 0.29) is 5.78 Å². The number of ketones is 1. The lowest BCUT2D eigenvalue weighted by atomic mass is 10.1. The molecule has 0 fully saturated rings. The molecule has 2 aromatic rings. The monoisotopic (exact) mass is 255 g/mol. The van der Waals surface area contributed by atoms with Crippen molar-refractivity contribution in [2.75, 3.05) is 6.61 Å². The number of nitrogens with zero attached hydrogens (tertiary/aromatic N) is 1. The molecule has 1 aromatic carbocycles. The zero-order valence-corrected chi connectivity index (χ0v) is 11.2. The summed E-state index contributed by atoms with van der Waals surface area (Å²) in [5.41, 5.74) is 1.94. The first-order valence-corrected chi connectivity index (χ1v) is 6.42. The molecule has 19 heavy (non-hydrogen) atoms. The number of pyridine rings is 1. The van der Waals surface area contributed by atoms with Crippen LogP contribution < -0.4 is 4.74 Å². The molecule has 0 amide bonds. The lowest BCUT2D eigenvalue weighted by Crippen LogP contribution is -2.04. The summed E-state index contributed by atoms with van der Waals surface area (Å²) in [6.07, 6.45) is 0.966. The highest BCUT2D eigenvalue weighted by atomic mass is 16.5. The first-order valence-electron chi connectivity index (χ1n) is 6.42. The van der Waals surface area contributed by atoms with Gasteiger partial charge < -0.3 is 4.74 Å². The third-order valence-electron chi connectivity index (χ3n) is 2.71. The first-order chi connectivity index (χ1) is 9.20. The van der Waals surface area contributed by atoms with Crippen LogP contribution in [0.3, 0.4) is 0 Å². The van der Waals surface area contributed by atoms with Crippen LogP contribution in [-0.4, -0.2) is 17.4 Å². The molecule has 3 nitrogen and oxygen atoms in total. The van der Waals surface area contributed by atoms with Crippen LogP contribution in [0.15, 0.2) is 42.5 Å². The molecule has 3 heteroatoms. The number of rotatable bonds is 5. The Kier molecular flexibility index (Phi) is 4.29. The third kappa shape index (κ3) is 3.41. The van der Waals surface area contributed by atoms with E-state index in [2.05, 4.69) is 11.9 Å². The maximum atomic E-state index is 12.2. The van der Waals surface area contributed by atoms with Gasteiger partial charge in [0, 0.05) is 11.3 Å². The average Bonchev–Trinajstić information content (AvgIpc) is 2.45. The maximum Gasteiger partial charge on any atom is 0.211 e. The fourth-order valence-electron chi connectivity index (χ4n) is 1.74. The predicted octanol–water partition coefficient (Wildman–Crippen LogP) is 3.41. The topological polar surface area (TPSA) is 39.2 Å². The number of benzene rings is 1. The van der Waals surface area contributed by atoms with Crippen LogP contribution >= 0.6 is 0 Å². The van der Waals surface area contributed by atoms with E-state index in [0.717, 1.165) is 17.9 Å². The van der Waals surface area contributed by atoms with E-state index in [9.17, 15) is 4.79 Å². The van der Waals surface area contributed by atoms with Gasteiger partial charge in [-0.2, -0.15) is 0 Å². The molecule has 0 aliphatic rings. The second-order valence-electron chi connectivity index (χ2n) is 4.37. The van der Waals surface area contributed by atoms with Crippen LogP contribution in [0.2, 0.25) is 0 Å². The van der Waals surface area contributed by atoms with E-state index >= 15 is 0 Å². The van der Waals surface area contributed by atoms with Crippen molar-refractivity contribution in [1.82, 2.24) is 4.98 Å². The number of hydrogen-bond donors (Lipinski definition) is 0. The van der Waals surface area contributed by atoms with Crippen LogP contribution in [0.25, 0.3) is 0 Å². The summed E-state index contributed by atoms with van der Waals surface area (Å²) in [5.74, 6) is 0.723. The summed E-state index contributed by atoms with van der Waals surface area (Å²) in [6, 6.07) is 12.6. The van der Waals surface area contributed by atoms with E-state index in [1.54, 1.807) is 18.2 Å². The SMILES string of the molecule is CCCOc1ccc(C(=O)c2cccc(C)n2)cc1. The van der Waals surface area contributed by atoms with Gasteiger partial charge >= 0.3 is 0 Å². The Balaban J connectivity index is 2.15. The van der Waals surface area contributed by atoms with E-state index in [4.69, 9.17) is 4.74 Å². The predicted molar refractivity (Wildman–Crippen MR) is 74.6 cm³/mol. The van der Waals surface area contributed by atoms with Gasteiger partial charge in [-0.3, -0.25) is 4.79 Å². The molecule has 0 atom stereocenters. The zero-order valence-electron chi connectivity index (χ0n) is 11.2. The van der Waals surface area contributed by atoms with E-state index in [1.807, 2.05) is 31.2 Å². The molecule has 0 saturated carbocycles. The van der Waals surface area contributed by atoms with Crippen molar-refractivity contribution in [3.8, 4) is 5.75 Å². The quantitative estimate of drug-likeness (QED) is 0.768. The standard InChI is InChI=1S/C16H17NO2/c1-3-11-19-14-9-7-13(8-10-14)16(18)15-6-4-5-12(2)17-15/h4-10H,3,11H2,1-2H3. The highest BCUT2D eigenvalue weighted by Crippen LogP contribution is 2.15. The molecule has 0 spiro atoms. The third-order valence-corrected chi connectivity index (χ3v) is 2.71. The molecule has 98 valence electrons. The van der Waals surface area contributed by atoms with Crippen LogP contribution in [0.4, 0.5) is 0 Å². The molecule has 1 aromatic heterocycles. The highest BCUT2D eigenvalue weighted by molar-refractivity contribution is 6.07. The first kappa shape index (κ1) is 13.3. The smallest absolute Gasteiger partial charge is 0.211 e. The van der Waals surface area contributed by atoms with Gasteiger partial charge in [0.2, 0.25) is 5.78 Å². The summed E-state index contributed by atoms with van der Waals surface area (Å²) < 4.78 is 5.49. The van der Waals surface area contributed by atoms with Gasteiger partial charge in [0.15, 0.2) is 0 Å². The number of ether oxygens (including phenoxy) is 1. The Morgan fingerprint density at radius 3 is 2.53 bits per heavy atom. The van der Waals surface area contributed by atoms with Crippen LogP contribution in [-0.2, 0) is 0 Å².